The number of nitrogens with zero attached hydrogens (tertiary/aromatic N) is 1. The van der Waals surface area contributed by atoms with Crippen LogP contribution < -0.4 is 5.32 Å². The summed E-state index contributed by atoms with van der Waals surface area (Å²) in [5.74, 6) is 1.05. The van der Waals surface area contributed by atoms with E-state index >= 15 is 0 Å². The molecule has 0 spiro atoms. The SMILES string of the molecule is C=CC.C=CC.CC.Cc1cc(-c2cccc(O)c2)cnc1N/C=C/S. The molecule has 3 nitrogen and oxygen atoms in total. The van der Waals surface area contributed by atoms with Gasteiger partial charge in [-0.05, 0) is 55.5 Å². The number of nitrogens with one attached hydrogen (secondary N) is 1. The number of allylic oxidation sites excluding steroid dienone is 2. The molecule has 2 rings (SSSR count). The molecule has 0 amide bonds. The zero-order valence-electron chi connectivity index (χ0n) is 16.5. The molecule has 0 saturated carbocycles. The van der Waals surface area contributed by atoms with E-state index in [1.165, 1.54) is 0 Å². The highest BCUT2D eigenvalue weighted by atomic mass is 32.1. The third kappa shape index (κ3) is 11.2. The summed E-state index contributed by atoms with van der Waals surface area (Å²) in [6, 6.07) is 9.15. The Balaban J connectivity index is 0. The molecule has 0 saturated heterocycles. The number of aromatic hydroxyl groups is 1. The molecule has 0 aliphatic carbocycles. The Morgan fingerprint density at radius 2 is 1.65 bits per heavy atom. The van der Waals surface area contributed by atoms with E-state index in [2.05, 4.69) is 36.1 Å². The molecule has 0 fully saturated rings. The average Bonchev–Trinajstić information content (AvgIpc) is 2.64. The highest BCUT2D eigenvalue weighted by Gasteiger charge is 2.03. The van der Waals surface area contributed by atoms with Crippen LogP contribution in [0.3, 0.4) is 0 Å². The highest BCUT2D eigenvalue weighted by molar-refractivity contribution is 7.83. The lowest BCUT2D eigenvalue weighted by atomic mass is 10.1. The number of phenols is 1. The topological polar surface area (TPSA) is 45.2 Å². The van der Waals surface area contributed by atoms with Crippen LogP contribution in [0.2, 0.25) is 0 Å². The number of rotatable bonds is 3. The molecule has 26 heavy (non-hydrogen) atoms. The third-order valence-corrected chi connectivity index (χ3v) is 2.70. The number of hydrogen-bond donors (Lipinski definition) is 3. The molecule has 2 N–H and O–H groups in total. The van der Waals surface area contributed by atoms with Crippen molar-refractivity contribution in [2.24, 2.45) is 0 Å². The molecule has 2 aromatic rings. The number of aromatic nitrogens is 1. The number of phenolic OH excluding ortho intramolecular Hbond substituents is 1. The molecule has 0 radical (unpaired) electrons. The third-order valence-electron chi connectivity index (χ3n) is 2.55. The van der Waals surface area contributed by atoms with Gasteiger partial charge in [-0.15, -0.1) is 25.8 Å². The smallest absolute Gasteiger partial charge is 0.132 e. The zero-order chi connectivity index (χ0) is 20.4. The molecule has 0 aliphatic heterocycles. The van der Waals surface area contributed by atoms with Crippen molar-refractivity contribution in [1.29, 1.82) is 0 Å². The Labute approximate surface area is 164 Å². The standard InChI is InChI=1S/C14H14N2OS.2C3H6.C2H6/c1-10-7-12(9-16-14(10)15-5-6-18)11-3-2-4-13(17)8-11;2*1-3-2;1-2/h2-9,17-18H,1H3,(H,15,16);2*3H,1H2,2H3;1-2H3/b6-5+;;;. The van der Waals surface area contributed by atoms with E-state index in [0.717, 1.165) is 22.5 Å². The van der Waals surface area contributed by atoms with Crippen molar-refractivity contribution in [2.75, 3.05) is 5.32 Å². The van der Waals surface area contributed by atoms with Crippen molar-refractivity contribution >= 4 is 18.4 Å². The molecule has 0 atom stereocenters. The van der Waals surface area contributed by atoms with Crippen LogP contribution in [0, 0.1) is 6.92 Å². The number of hydrogen-bond acceptors (Lipinski definition) is 4. The summed E-state index contributed by atoms with van der Waals surface area (Å²) in [6.45, 7) is 16.5. The molecular formula is C22H32N2OS. The van der Waals surface area contributed by atoms with Crippen LogP contribution in [-0.2, 0) is 0 Å². The van der Waals surface area contributed by atoms with Crippen molar-refractivity contribution in [3.63, 3.8) is 0 Å². The number of aryl methyl sites for hydroxylation is 1. The average molecular weight is 373 g/mol. The molecule has 1 heterocycles. The van der Waals surface area contributed by atoms with Crippen LogP contribution in [0.15, 0.2) is 73.4 Å². The molecular weight excluding hydrogens is 340 g/mol. The van der Waals surface area contributed by atoms with Crippen molar-refractivity contribution < 1.29 is 5.11 Å². The lowest BCUT2D eigenvalue weighted by Crippen LogP contribution is -1.94. The maximum atomic E-state index is 9.46. The van der Waals surface area contributed by atoms with Crippen LogP contribution >= 0.6 is 12.6 Å². The van der Waals surface area contributed by atoms with E-state index in [1.54, 1.807) is 42.1 Å². The fourth-order valence-corrected chi connectivity index (χ4v) is 1.76. The quantitative estimate of drug-likeness (QED) is 0.402. The van der Waals surface area contributed by atoms with Gasteiger partial charge < -0.3 is 10.4 Å². The number of benzene rings is 1. The van der Waals surface area contributed by atoms with Crippen molar-refractivity contribution in [2.45, 2.75) is 34.6 Å². The fraction of sp³-hybridized carbons (Fsp3) is 0.227. The Hall–Kier alpha value is -2.46. The number of anilines is 1. The summed E-state index contributed by atoms with van der Waals surface area (Å²) in [6.07, 6.45) is 6.99. The maximum Gasteiger partial charge on any atom is 0.132 e. The van der Waals surface area contributed by atoms with E-state index in [1.807, 2.05) is 52.8 Å². The number of thiol groups is 1. The molecule has 1 aromatic heterocycles. The normalized spacial score (nSPS) is 8.69. The van der Waals surface area contributed by atoms with E-state index in [4.69, 9.17) is 0 Å². The van der Waals surface area contributed by atoms with Gasteiger partial charge in [0.1, 0.15) is 11.6 Å². The molecule has 1 aromatic carbocycles. The summed E-state index contributed by atoms with van der Waals surface area (Å²) in [4.78, 5) is 4.34. The van der Waals surface area contributed by atoms with Crippen molar-refractivity contribution in [1.82, 2.24) is 4.98 Å². The van der Waals surface area contributed by atoms with Gasteiger partial charge >= 0.3 is 0 Å². The Morgan fingerprint density at radius 1 is 1.08 bits per heavy atom. The minimum atomic E-state index is 0.255. The van der Waals surface area contributed by atoms with Gasteiger partial charge in [0.15, 0.2) is 0 Å². The summed E-state index contributed by atoms with van der Waals surface area (Å²) >= 11 is 3.98. The molecule has 0 unspecified atom stereocenters. The van der Waals surface area contributed by atoms with Gasteiger partial charge in [-0.1, -0.05) is 38.1 Å². The molecule has 4 heteroatoms. The molecule has 142 valence electrons. The van der Waals surface area contributed by atoms with E-state index in [-0.39, 0.29) is 5.75 Å². The van der Waals surface area contributed by atoms with Gasteiger partial charge in [-0.25, -0.2) is 4.98 Å². The van der Waals surface area contributed by atoms with E-state index in [0.29, 0.717) is 0 Å². The largest absolute Gasteiger partial charge is 0.508 e. The van der Waals surface area contributed by atoms with Gasteiger partial charge in [0.25, 0.3) is 0 Å². The Kier molecular flexibility index (Phi) is 17.2. The molecule has 0 aliphatic rings. The number of pyridine rings is 1. The monoisotopic (exact) mass is 372 g/mol. The Morgan fingerprint density at radius 3 is 2.12 bits per heavy atom. The minimum absolute atomic E-state index is 0.255. The summed E-state index contributed by atoms with van der Waals surface area (Å²) < 4.78 is 0. The van der Waals surface area contributed by atoms with Gasteiger partial charge in [0.2, 0.25) is 0 Å². The Bertz CT molecular complexity index is 661. The van der Waals surface area contributed by atoms with Gasteiger partial charge in [0, 0.05) is 18.0 Å². The predicted octanol–water partition coefficient (Wildman–Crippen LogP) is 6.99. The maximum absolute atomic E-state index is 9.46. The van der Waals surface area contributed by atoms with Crippen LogP contribution in [-0.4, -0.2) is 10.1 Å². The first-order valence-electron chi connectivity index (χ1n) is 8.49. The first-order valence-corrected chi connectivity index (χ1v) is 9.01. The zero-order valence-corrected chi connectivity index (χ0v) is 17.4. The van der Waals surface area contributed by atoms with Crippen LogP contribution in [0.4, 0.5) is 5.82 Å². The predicted molar refractivity (Wildman–Crippen MR) is 121 cm³/mol. The minimum Gasteiger partial charge on any atom is -0.508 e. The second-order valence-corrected chi connectivity index (χ2v) is 5.01. The van der Waals surface area contributed by atoms with Crippen LogP contribution in [0.25, 0.3) is 11.1 Å². The van der Waals surface area contributed by atoms with Gasteiger partial charge in [-0.2, -0.15) is 0 Å². The first-order chi connectivity index (χ1) is 12.5. The van der Waals surface area contributed by atoms with Crippen LogP contribution in [0.5, 0.6) is 5.75 Å². The summed E-state index contributed by atoms with van der Waals surface area (Å²) in [7, 11) is 0. The highest BCUT2D eigenvalue weighted by Crippen LogP contribution is 2.25. The lowest BCUT2D eigenvalue weighted by Gasteiger charge is -2.07. The summed E-state index contributed by atoms with van der Waals surface area (Å²) in [5, 5.41) is 14.1. The van der Waals surface area contributed by atoms with E-state index < -0.39 is 0 Å². The first kappa shape index (κ1) is 25.8. The molecule has 0 bridgehead atoms. The van der Waals surface area contributed by atoms with Gasteiger partial charge in [0.05, 0.1) is 0 Å². The summed E-state index contributed by atoms with van der Waals surface area (Å²) in [5.41, 5.74) is 2.95. The van der Waals surface area contributed by atoms with Crippen molar-refractivity contribution in [3.8, 4) is 16.9 Å². The van der Waals surface area contributed by atoms with Gasteiger partial charge in [-0.3, -0.25) is 0 Å². The lowest BCUT2D eigenvalue weighted by molar-refractivity contribution is 0.475. The fourth-order valence-electron chi connectivity index (χ4n) is 1.69. The van der Waals surface area contributed by atoms with Crippen LogP contribution in [0.1, 0.15) is 33.3 Å². The second kappa shape index (κ2) is 17.4. The van der Waals surface area contributed by atoms with E-state index in [9.17, 15) is 5.11 Å². The van der Waals surface area contributed by atoms with Crippen molar-refractivity contribution in [3.05, 3.63) is 79.0 Å². The second-order valence-electron chi connectivity index (χ2n) is 4.72.